The van der Waals surface area contributed by atoms with Gasteiger partial charge in [-0.3, -0.25) is 9.89 Å². The molecule has 2 rings (SSSR count). The molecule has 1 atom stereocenters. The lowest BCUT2D eigenvalue weighted by atomic mass is 10.1. The number of benzene rings is 1. The number of methoxy groups -OCH3 is 2. The van der Waals surface area contributed by atoms with E-state index in [1.165, 1.54) is 4.90 Å². The molecule has 1 fully saturated rings. The van der Waals surface area contributed by atoms with Crippen molar-refractivity contribution in [3.05, 3.63) is 23.8 Å². The summed E-state index contributed by atoms with van der Waals surface area (Å²) < 4.78 is 48.4. The number of likely N-dealkylation sites (tertiary alicyclic amines) is 1. The zero-order chi connectivity index (χ0) is 21.4. The number of aliphatic imine (C=N–C) groups is 1. The van der Waals surface area contributed by atoms with Gasteiger partial charge in [-0.2, -0.15) is 13.2 Å². The van der Waals surface area contributed by atoms with Gasteiger partial charge in [-0.05, 0) is 37.9 Å². The van der Waals surface area contributed by atoms with Crippen molar-refractivity contribution in [3.8, 4) is 11.5 Å². The summed E-state index contributed by atoms with van der Waals surface area (Å²) in [6.07, 6.45) is -3.42. The first-order valence-corrected chi connectivity index (χ1v) is 9.75. The van der Waals surface area contributed by atoms with Gasteiger partial charge in [-0.15, -0.1) is 0 Å². The van der Waals surface area contributed by atoms with Crippen LogP contribution in [0, 0.1) is 5.92 Å². The monoisotopic (exact) mass is 416 g/mol. The molecule has 1 aliphatic heterocycles. The highest BCUT2D eigenvalue weighted by atomic mass is 19.4. The van der Waals surface area contributed by atoms with Crippen LogP contribution in [0.15, 0.2) is 23.2 Å². The molecule has 0 radical (unpaired) electrons. The van der Waals surface area contributed by atoms with E-state index in [0.717, 1.165) is 29.4 Å². The molecule has 6 nitrogen and oxygen atoms in total. The van der Waals surface area contributed by atoms with E-state index in [0.29, 0.717) is 32.7 Å². The van der Waals surface area contributed by atoms with E-state index in [9.17, 15) is 13.2 Å². The van der Waals surface area contributed by atoms with Crippen LogP contribution in [0.1, 0.15) is 18.9 Å². The highest BCUT2D eigenvalue weighted by molar-refractivity contribution is 5.79. The van der Waals surface area contributed by atoms with Crippen LogP contribution in [0.4, 0.5) is 13.2 Å². The number of nitrogens with zero attached hydrogens (tertiary/aromatic N) is 3. The molecule has 1 aromatic carbocycles. The predicted octanol–water partition coefficient (Wildman–Crippen LogP) is 2.99. The normalized spacial score (nSPS) is 18.0. The average molecular weight is 416 g/mol. The van der Waals surface area contributed by atoms with Gasteiger partial charge < -0.3 is 19.7 Å². The standard InChI is InChI=1S/C20H31F3N4O2/c1-5-24-19(25-11-15-8-9-27(12-15)14-20(21,22)23)26(2)13-16-6-7-17(28-3)10-18(16)29-4/h6-7,10,15H,5,8-9,11-14H2,1-4H3,(H,24,25). The van der Waals surface area contributed by atoms with Crippen molar-refractivity contribution in [3.63, 3.8) is 0 Å². The number of hydrogen-bond donors (Lipinski definition) is 1. The Morgan fingerprint density at radius 1 is 1.31 bits per heavy atom. The van der Waals surface area contributed by atoms with Crippen molar-refractivity contribution >= 4 is 5.96 Å². The maximum atomic E-state index is 12.6. The van der Waals surface area contributed by atoms with E-state index in [4.69, 9.17) is 9.47 Å². The Balaban J connectivity index is 1.99. The number of halogens is 3. The third kappa shape index (κ3) is 7.30. The maximum Gasteiger partial charge on any atom is 0.401 e. The molecule has 0 aromatic heterocycles. The molecule has 0 aliphatic carbocycles. The van der Waals surface area contributed by atoms with Crippen LogP contribution in [0.2, 0.25) is 0 Å². The van der Waals surface area contributed by atoms with Crippen LogP contribution in [0.25, 0.3) is 0 Å². The highest BCUT2D eigenvalue weighted by Gasteiger charge is 2.34. The van der Waals surface area contributed by atoms with Crippen LogP contribution in [0.5, 0.6) is 11.5 Å². The Kier molecular flexibility index (Phi) is 8.43. The van der Waals surface area contributed by atoms with Gasteiger partial charge in [0.2, 0.25) is 0 Å². The zero-order valence-corrected chi connectivity index (χ0v) is 17.6. The predicted molar refractivity (Wildman–Crippen MR) is 108 cm³/mol. The largest absolute Gasteiger partial charge is 0.497 e. The first-order chi connectivity index (χ1) is 13.8. The molecule has 0 bridgehead atoms. The SMILES string of the molecule is CCNC(=NCC1CCN(CC(F)(F)F)C1)N(C)Cc1ccc(OC)cc1OC. The molecule has 1 saturated heterocycles. The van der Waals surface area contributed by atoms with Gasteiger partial charge in [-0.1, -0.05) is 0 Å². The summed E-state index contributed by atoms with van der Waals surface area (Å²) in [5.74, 6) is 2.30. The summed E-state index contributed by atoms with van der Waals surface area (Å²) in [4.78, 5) is 8.11. The molecule has 29 heavy (non-hydrogen) atoms. The Bertz CT molecular complexity index is 682. The first-order valence-electron chi connectivity index (χ1n) is 9.75. The number of alkyl halides is 3. The number of ether oxygens (including phenoxy) is 2. The summed E-state index contributed by atoms with van der Waals surface area (Å²) in [6.45, 7) is 3.81. The Morgan fingerprint density at radius 2 is 2.07 bits per heavy atom. The van der Waals surface area contributed by atoms with Gasteiger partial charge in [0.1, 0.15) is 11.5 Å². The molecule has 1 N–H and O–H groups in total. The summed E-state index contributed by atoms with van der Waals surface area (Å²) in [6, 6.07) is 5.66. The molecule has 1 unspecified atom stereocenters. The minimum Gasteiger partial charge on any atom is -0.497 e. The van der Waals surface area contributed by atoms with Crippen molar-refractivity contribution in [1.82, 2.24) is 15.1 Å². The minimum absolute atomic E-state index is 0.134. The second-order valence-electron chi connectivity index (χ2n) is 7.23. The van der Waals surface area contributed by atoms with Gasteiger partial charge in [0.25, 0.3) is 0 Å². The van der Waals surface area contributed by atoms with E-state index in [1.54, 1.807) is 14.2 Å². The fourth-order valence-corrected chi connectivity index (χ4v) is 3.46. The zero-order valence-electron chi connectivity index (χ0n) is 17.6. The van der Waals surface area contributed by atoms with E-state index < -0.39 is 12.7 Å². The summed E-state index contributed by atoms with van der Waals surface area (Å²) in [5, 5.41) is 3.25. The minimum atomic E-state index is -4.15. The van der Waals surface area contributed by atoms with Crippen molar-refractivity contribution in [1.29, 1.82) is 0 Å². The van der Waals surface area contributed by atoms with Gasteiger partial charge >= 0.3 is 6.18 Å². The summed E-state index contributed by atoms with van der Waals surface area (Å²) in [5.41, 5.74) is 0.985. The molecule has 9 heteroatoms. The van der Waals surface area contributed by atoms with E-state index in [2.05, 4.69) is 10.3 Å². The Hall–Kier alpha value is -2.16. The van der Waals surface area contributed by atoms with E-state index in [1.807, 2.05) is 37.1 Å². The molecule has 0 saturated carbocycles. The third-order valence-corrected chi connectivity index (χ3v) is 4.87. The average Bonchev–Trinajstić information content (AvgIpc) is 3.10. The maximum absolute atomic E-state index is 12.6. The topological polar surface area (TPSA) is 49.3 Å². The molecule has 0 spiro atoms. The van der Waals surface area contributed by atoms with Crippen LogP contribution in [-0.2, 0) is 6.54 Å². The van der Waals surface area contributed by atoms with E-state index in [-0.39, 0.29) is 5.92 Å². The molecule has 1 aliphatic rings. The van der Waals surface area contributed by atoms with Crippen molar-refractivity contribution in [2.75, 3.05) is 54.0 Å². The van der Waals surface area contributed by atoms with Crippen molar-refractivity contribution in [2.45, 2.75) is 26.1 Å². The molecular weight excluding hydrogens is 385 g/mol. The fraction of sp³-hybridized carbons (Fsp3) is 0.650. The van der Waals surface area contributed by atoms with Gasteiger partial charge in [0.15, 0.2) is 5.96 Å². The molecule has 1 aromatic rings. The number of nitrogens with one attached hydrogen (secondary N) is 1. The molecule has 164 valence electrons. The van der Waals surface area contributed by atoms with Crippen molar-refractivity contribution < 1.29 is 22.6 Å². The number of hydrogen-bond acceptors (Lipinski definition) is 4. The number of guanidine groups is 1. The lowest BCUT2D eigenvalue weighted by Gasteiger charge is -2.24. The van der Waals surface area contributed by atoms with Gasteiger partial charge in [0.05, 0.1) is 20.8 Å². The summed E-state index contributed by atoms with van der Waals surface area (Å²) in [7, 11) is 5.15. The second kappa shape index (κ2) is 10.6. The van der Waals surface area contributed by atoms with Crippen LogP contribution in [-0.4, -0.2) is 75.9 Å². The first kappa shape index (κ1) is 23.1. The van der Waals surface area contributed by atoms with Crippen molar-refractivity contribution in [2.24, 2.45) is 10.9 Å². The lowest BCUT2D eigenvalue weighted by molar-refractivity contribution is -0.143. The quantitative estimate of drug-likeness (QED) is 0.522. The third-order valence-electron chi connectivity index (χ3n) is 4.87. The summed E-state index contributed by atoms with van der Waals surface area (Å²) >= 11 is 0. The van der Waals surface area contributed by atoms with Crippen LogP contribution < -0.4 is 14.8 Å². The van der Waals surface area contributed by atoms with Gasteiger partial charge in [-0.25, -0.2) is 0 Å². The fourth-order valence-electron chi connectivity index (χ4n) is 3.46. The van der Waals surface area contributed by atoms with Gasteiger partial charge in [0, 0.05) is 44.9 Å². The van der Waals surface area contributed by atoms with Crippen LogP contribution in [0.3, 0.4) is 0 Å². The lowest BCUT2D eigenvalue weighted by Crippen LogP contribution is -2.39. The molecular formula is C20H31F3N4O2. The molecule has 1 heterocycles. The van der Waals surface area contributed by atoms with E-state index >= 15 is 0 Å². The highest BCUT2D eigenvalue weighted by Crippen LogP contribution is 2.26. The Morgan fingerprint density at radius 3 is 2.69 bits per heavy atom. The Labute approximate surface area is 170 Å². The molecule has 0 amide bonds. The number of rotatable bonds is 8. The second-order valence-corrected chi connectivity index (χ2v) is 7.23. The smallest absolute Gasteiger partial charge is 0.401 e. The van der Waals surface area contributed by atoms with Crippen LogP contribution >= 0.6 is 0 Å².